The molecule has 0 saturated heterocycles. The van der Waals surface area contributed by atoms with E-state index in [0.717, 1.165) is 33.4 Å². The highest BCUT2D eigenvalue weighted by atomic mass is 32.2. The summed E-state index contributed by atoms with van der Waals surface area (Å²) in [6.45, 7) is 0. The summed E-state index contributed by atoms with van der Waals surface area (Å²) in [7, 11) is 1.62. The zero-order valence-corrected chi connectivity index (χ0v) is 16.4. The third kappa shape index (κ3) is 5.08. The zero-order valence-electron chi connectivity index (χ0n) is 14.8. The third-order valence-corrected chi connectivity index (χ3v) is 6.58. The molecule has 1 aromatic heterocycles. The Hall–Kier alpha value is -1.86. The van der Waals surface area contributed by atoms with Crippen molar-refractivity contribution >= 4 is 39.9 Å². The molecule has 1 fully saturated rings. The number of carbonyl (C=O) groups is 2. The Morgan fingerprint density at radius 3 is 2.62 bits per heavy atom. The molecule has 0 spiro atoms. The van der Waals surface area contributed by atoms with Crippen molar-refractivity contribution in [3.8, 4) is 11.3 Å². The van der Waals surface area contributed by atoms with Crippen molar-refractivity contribution in [3.05, 3.63) is 30.3 Å². The fraction of sp³-hybridized carbons (Fsp3) is 0.421. The van der Waals surface area contributed by atoms with Crippen LogP contribution >= 0.6 is 23.1 Å². The predicted molar refractivity (Wildman–Crippen MR) is 108 cm³/mol. The standard InChI is InChI=1S/C19H23N3O2S2/c1-20-16(24)12-25-19-22-17(14-9-3-2-4-10-14)18(26-19)21-15(23)11-13-7-5-6-8-13/h2-4,9-10,13H,5-8,11-12H2,1H3,(H,20,24)(H,21,23). The van der Waals surface area contributed by atoms with Crippen LogP contribution in [0, 0.1) is 5.92 Å². The summed E-state index contributed by atoms with van der Waals surface area (Å²) in [6.07, 6.45) is 5.33. The highest BCUT2D eigenvalue weighted by Crippen LogP contribution is 2.38. The van der Waals surface area contributed by atoms with Crippen LogP contribution in [0.15, 0.2) is 34.7 Å². The molecule has 2 N–H and O–H groups in total. The van der Waals surface area contributed by atoms with Gasteiger partial charge in [-0.2, -0.15) is 0 Å². The molecule has 1 heterocycles. The molecule has 0 unspecified atom stereocenters. The van der Waals surface area contributed by atoms with E-state index in [1.54, 1.807) is 7.05 Å². The van der Waals surface area contributed by atoms with Gasteiger partial charge in [-0.1, -0.05) is 66.3 Å². The predicted octanol–water partition coefficient (Wildman–Crippen LogP) is 4.17. The summed E-state index contributed by atoms with van der Waals surface area (Å²) in [5.74, 6) is 0.831. The maximum Gasteiger partial charge on any atom is 0.230 e. The molecule has 1 aromatic carbocycles. The number of thioether (sulfide) groups is 1. The molecule has 5 nitrogen and oxygen atoms in total. The second-order valence-corrected chi connectivity index (χ2v) is 8.61. The summed E-state index contributed by atoms with van der Waals surface area (Å²) < 4.78 is 0.781. The van der Waals surface area contributed by atoms with Gasteiger partial charge < -0.3 is 10.6 Å². The van der Waals surface area contributed by atoms with E-state index in [9.17, 15) is 9.59 Å². The Bertz CT molecular complexity index is 755. The maximum atomic E-state index is 12.5. The third-order valence-electron chi connectivity index (χ3n) is 4.46. The number of thiazole rings is 1. The monoisotopic (exact) mass is 389 g/mol. The molecular formula is C19H23N3O2S2. The van der Waals surface area contributed by atoms with Crippen LogP contribution in [-0.2, 0) is 9.59 Å². The minimum Gasteiger partial charge on any atom is -0.358 e. The number of rotatable bonds is 7. The van der Waals surface area contributed by atoms with E-state index >= 15 is 0 Å². The molecule has 0 bridgehead atoms. The first-order valence-corrected chi connectivity index (χ1v) is 10.7. The van der Waals surface area contributed by atoms with Gasteiger partial charge in [-0.25, -0.2) is 4.98 Å². The minimum absolute atomic E-state index is 0.0433. The van der Waals surface area contributed by atoms with E-state index in [0.29, 0.717) is 18.1 Å². The SMILES string of the molecule is CNC(=O)CSc1nc(-c2ccccc2)c(NC(=O)CC2CCCC2)s1. The van der Waals surface area contributed by atoms with Gasteiger partial charge in [0.2, 0.25) is 11.8 Å². The number of hydrogen-bond acceptors (Lipinski definition) is 5. The van der Waals surface area contributed by atoms with Crippen LogP contribution in [-0.4, -0.2) is 29.6 Å². The lowest BCUT2D eigenvalue weighted by molar-refractivity contribution is -0.118. The van der Waals surface area contributed by atoms with Gasteiger partial charge in [-0.15, -0.1) is 0 Å². The van der Waals surface area contributed by atoms with Crippen LogP contribution in [0.3, 0.4) is 0 Å². The van der Waals surface area contributed by atoms with E-state index in [-0.39, 0.29) is 11.8 Å². The van der Waals surface area contributed by atoms with Gasteiger partial charge in [-0.3, -0.25) is 9.59 Å². The van der Waals surface area contributed by atoms with Crippen LogP contribution < -0.4 is 10.6 Å². The van der Waals surface area contributed by atoms with Gasteiger partial charge in [0.15, 0.2) is 4.34 Å². The molecule has 138 valence electrons. The molecule has 2 amide bonds. The lowest BCUT2D eigenvalue weighted by atomic mass is 10.0. The fourth-order valence-electron chi connectivity index (χ4n) is 3.09. The number of aromatic nitrogens is 1. The van der Waals surface area contributed by atoms with Gasteiger partial charge in [-0.05, 0) is 18.8 Å². The first kappa shape index (κ1) is 18.9. The molecule has 1 aliphatic carbocycles. The Morgan fingerprint density at radius 2 is 1.92 bits per heavy atom. The second kappa shape index (κ2) is 9.19. The Morgan fingerprint density at radius 1 is 1.19 bits per heavy atom. The second-order valence-electron chi connectivity index (χ2n) is 6.39. The maximum absolute atomic E-state index is 12.5. The van der Waals surface area contributed by atoms with Gasteiger partial charge in [0.05, 0.1) is 5.75 Å². The van der Waals surface area contributed by atoms with Crippen LogP contribution in [0.4, 0.5) is 5.00 Å². The van der Waals surface area contributed by atoms with Crippen molar-refractivity contribution < 1.29 is 9.59 Å². The van der Waals surface area contributed by atoms with Gasteiger partial charge >= 0.3 is 0 Å². The summed E-state index contributed by atoms with van der Waals surface area (Å²) in [6, 6.07) is 9.82. The number of hydrogen-bond donors (Lipinski definition) is 2. The van der Waals surface area contributed by atoms with E-state index in [2.05, 4.69) is 15.6 Å². The normalized spacial score (nSPS) is 14.3. The summed E-state index contributed by atoms with van der Waals surface area (Å²) in [5.41, 5.74) is 1.74. The van der Waals surface area contributed by atoms with Crippen molar-refractivity contribution in [2.24, 2.45) is 5.92 Å². The zero-order chi connectivity index (χ0) is 18.4. The van der Waals surface area contributed by atoms with E-state index in [1.165, 1.54) is 35.9 Å². The first-order chi connectivity index (χ1) is 12.7. The molecule has 0 aliphatic heterocycles. The fourth-order valence-corrected chi connectivity index (χ4v) is 5.05. The average molecular weight is 390 g/mol. The van der Waals surface area contributed by atoms with Crippen molar-refractivity contribution in [1.82, 2.24) is 10.3 Å². The molecule has 1 saturated carbocycles. The van der Waals surface area contributed by atoms with Gasteiger partial charge in [0, 0.05) is 19.0 Å². The first-order valence-electron chi connectivity index (χ1n) is 8.85. The molecular weight excluding hydrogens is 366 g/mol. The minimum atomic E-state index is -0.0433. The van der Waals surface area contributed by atoms with E-state index < -0.39 is 0 Å². The van der Waals surface area contributed by atoms with Crippen molar-refractivity contribution in [3.63, 3.8) is 0 Å². The van der Waals surface area contributed by atoms with Crippen molar-refractivity contribution in [1.29, 1.82) is 0 Å². The number of nitrogens with one attached hydrogen (secondary N) is 2. The lowest BCUT2D eigenvalue weighted by Crippen LogP contribution is -2.19. The van der Waals surface area contributed by atoms with Gasteiger partial charge in [0.1, 0.15) is 10.7 Å². The number of carbonyl (C=O) groups excluding carboxylic acids is 2. The Balaban J connectivity index is 1.75. The highest BCUT2D eigenvalue weighted by Gasteiger charge is 2.21. The van der Waals surface area contributed by atoms with E-state index in [1.807, 2.05) is 30.3 Å². The number of benzene rings is 1. The molecule has 26 heavy (non-hydrogen) atoms. The highest BCUT2D eigenvalue weighted by molar-refractivity contribution is 8.01. The lowest BCUT2D eigenvalue weighted by Gasteiger charge is -2.09. The van der Waals surface area contributed by atoms with Crippen LogP contribution in [0.25, 0.3) is 11.3 Å². The number of nitrogens with zero attached hydrogens (tertiary/aromatic N) is 1. The van der Waals surface area contributed by atoms with Crippen LogP contribution in [0.2, 0.25) is 0 Å². The number of amides is 2. The average Bonchev–Trinajstić information content (AvgIpc) is 3.30. The van der Waals surface area contributed by atoms with E-state index in [4.69, 9.17) is 0 Å². The Labute approximate surface area is 162 Å². The van der Waals surface area contributed by atoms with Crippen LogP contribution in [0.5, 0.6) is 0 Å². The molecule has 3 rings (SSSR count). The molecule has 2 aromatic rings. The summed E-state index contributed by atoms with van der Waals surface area (Å²) in [4.78, 5) is 28.6. The van der Waals surface area contributed by atoms with Gasteiger partial charge in [0.25, 0.3) is 0 Å². The quantitative estimate of drug-likeness (QED) is 0.697. The number of anilines is 1. The Kier molecular flexibility index (Phi) is 6.68. The van der Waals surface area contributed by atoms with Crippen LogP contribution in [0.1, 0.15) is 32.1 Å². The van der Waals surface area contributed by atoms with Crippen molar-refractivity contribution in [2.45, 2.75) is 36.4 Å². The topological polar surface area (TPSA) is 71.1 Å². The van der Waals surface area contributed by atoms with Crippen molar-refractivity contribution in [2.75, 3.05) is 18.1 Å². The molecule has 0 radical (unpaired) electrons. The smallest absolute Gasteiger partial charge is 0.230 e. The summed E-state index contributed by atoms with van der Waals surface area (Å²) in [5, 5.41) is 6.43. The molecule has 0 atom stereocenters. The molecule has 7 heteroatoms. The molecule has 1 aliphatic rings. The summed E-state index contributed by atoms with van der Waals surface area (Å²) >= 11 is 2.82. The largest absolute Gasteiger partial charge is 0.358 e.